The zero-order valence-corrected chi connectivity index (χ0v) is 29.1. The van der Waals surface area contributed by atoms with Crippen LogP contribution < -0.4 is 0 Å². The van der Waals surface area contributed by atoms with Crippen LogP contribution in [0.25, 0.3) is 0 Å². The van der Waals surface area contributed by atoms with E-state index in [1.807, 2.05) is 0 Å². The van der Waals surface area contributed by atoms with Crippen LogP contribution in [0.1, 0.15) is 194 Å². The molecular weight excluding hydrogens is 572 g/mol. The first-order valence-electron chi connectivity index (χ1n) is 18.6. The molecule has 8 heteroatoms. The van der Waals surface area contributed by atoms with Gasteiger partial charge in [0.1, 0.15) is 13.2 Å². The fourth-order valence-corrected chi connectivity index (χ4v) is 5.29. The highest BCUT2D eigenvalue weighted by Gasteiger charge is 2.19. The van der Waals surface area contributed by atoms with Gasteiger partial charge in [0.2, 0.25) is 0 Å². The van der Waals surface area contributed by atoms with Crippen LogP contribution in [0.3, 0.4) is 0 Å². The minimum Gasteiger partial charge on any atom is -0.481 e. The molecule has 0 aliphatic carbocycles. The molecule has 0 radical (unpaired) electrons. The van der Waals surface area contributed by atoms with Gasteiger partial charge in [-0.1, -0.05) is 142 Å². The number of carbonyl (C=O) groups excluding carboxylic acids is 3. The highest BCUT2D eigenvalue weighted by atomic mass is 16.6. The van der Waals surface area contributed by atoms with E-state index in [0.717, 1.165) is 38.5 Å². The first-order valence-corrected chi connectivity index (χ1v) is 18.6. The molecule has 0 aromatic carbocycles. The molecule has 0 aromatic heterocycles. The largest absolute Gasteiger partial charge is 0.481 e. The van der Waals surface area contributed by atoms with E-state index in [1.165, 1.54) is 103 Å². The highest BCUT2D eigenvalue weighted by Crippen LogP contribution is 2.14. The third-order valence-electron chi connectivity index (χ3n) is 8.15. The van der Waals surface area contributed by atoms with Gasteiger partial charge < -0.3 is 19.3 Å². The molecule has 0 fully saturated rings. The summed E-state index contributed by atoms with van der Waals surface area (Å²) in [5, 5.41) is 8.74. The van der Waals surface area contributed by atoms with Gasteiger partial charge >= 0.3 is 23.9 Å². The van der Waals surface area contributed by atoms with Gasteiger partial charge in [-0.05, 0) is 25.7 Å². The Morgan fingerprint density at radius 2 is 0.711 bits per heavy atom. The SMILES string of the molecule is CCCCCCCCCCCCCC(=O)OCC(COC(=O)CCCCC(=O)O)OC(=O)CCCCCCCCCCCCC. The molecule has 0 aliphatic heterocycles. The fourth-order valence-electron chi connectivity index (χ4n) is 5.29. The number of unbranched alkanes of at least 4 members (excludes halogenated alkanes) is 21. The third-order valence-corrected chi connectivity index (χ3v) is 8.15. The van der Waals surface area contributed by atoms with E-state index < -0.39 is 18.0 Å². The average molecular weight is 641 g/mol. The number of aliphatic carboxylic acids is 1. The Morgan fingerprint density at radius 3 is 1.07 bits per heavy atom. The molecule has 0 heterocycles. The van der Waals surface area contributed by atoms with E-state index in [0.29, 0.717) is 19.3 Å². The Morgan fingerprint density at radius 1 is 0.422 bits per heavy atom. The minimum absolute atomic E-state index is 0.00163. The standard InChI is InChI=1S/C37H68O8/c1-3-5-7-9-11-13-15-17-19-21-23-28-35(40)43-31-33(32-44-36(41)29-26-25-27-34(38)39)45-37(42)30-24-22-20-18-16-14-12-10-8-6-4-2/h33H,3-32H2,1-2H3,(H,38,39). The van der Waals surface area contributed by atoms with Crippen molar-refractivity contribution in [2.75, 3.05) is 13.2 Å². The van der Waals surface area contributed by atoms with Crippen molar-refractivity contribution in [2.45, 2.75) is 200 Å². The van der Waals surface area contributed by atoms with E-state index in [9.17, 15) is 19.2 Å². The van der Waals surface area contributed by atoms with E-state index in [1.54, 1.807) is 0 Å². The van der Waals surface area contributed by atoms with Gasteiger partial charge in [-0.3, -0.25) is 19.2 Å². The fraction of sp³-hybridized carbons (Fsp3) is 0.892. The molecule has 0 bridgehead atoms. The second kappa shape index (κ2) is 33.2. The number of ether oxygens (including phenoxy) is 3. The third kappa shape index (κ3) is 33.1. The Hall–Kier alpha value is -2.12. The lowest BCUT2D eigenvalue weighted by Gasteiger charge is -2.18. The second-order valence-electron chi connectivity index (χ2n) is 12.6. The topological polar surface area (TPSA) is 116 Å². The van der Waals surface area contributed by atoms with E-state index in [2.05, 4.69) is 13.8 Å². The van der Waals surface area contributed by atoms with Crippen molar-refractivity contribution < 1.29 is 38.5 Å². The average Bonchev–Trinajstić information content (AvgIpc) is 3.02. The van der Waals surface area contributed by atoms with Gasteiger partial charge in [0.05, 0.1) is 0 Å². The summed E-state index contributed by atoms with van der Waals surface area (Å²) < 4.78 is 16.2. The normalized spacial score (nSPS) is 11.7. The predicted molar refractivity (Wildman–Crippen MR) is 180 cm³/mol. The molecule has 8 nitrogen and oxygen atoms in total. The van der Waals surface area contributed by atoms with Crippen molar-refractivity contribution in [2.24, 2.45) is 0 Å². The number of hydrogen-bond acceptors (Lipinski definition) is 7. The zero-order valence-electron chi connectivity index (χ0n) is 29.1. The van der Waals surface area contributed by atoms with Crippen LogP contribution in [0.15, 0.2) is 0 Å². The number of carboxylic acids is 1. The molecule has 1 atom stereocenters. The van der Waals surface area contributed by atoms with E-state index in [4.69, 9.17) is 19.3 Å². The first-order chi connectivity index (χ1) is 21.9. The maximum absolute atomic E-state index is 12.5. The summed E-state index contributed by atoms with van der Waals surface area (Å²) in [6, 6.07) is 0. The summed E-state index contributed by atoms with van der Waals surface area (Å²) >= 11 is 0. The molecule has 0 rings (SSSR count). The Labute approximate surface area is 275 Å². The number of carboxylic acid groups (broad SMARTS) is 1. The quantitative estimate of drug-likeness (QED) is 0.0420. The predicted octanol–water partition coefficient (Wildman–Crippen LogP) is 10.0. The van der Waals surface area contributed by atoms with E-state index in [-0.39, 0.29) is 44.4 Å². The lowest BCUT2D eigenvalue weighted by Crippen LogP contribution is -2.30. The van der Waals surface area contributed by atoms with Gasteiger partial charge in [-0.2, -0.15) is 0 Å². The van der Waals surface area contributed by atoms with Crippen LogP contribution in [0.2, 0.25) is 0 Å². The molecule has 0 spiro atoms. The summed E-state index contributed by atoms with van der Waals surface area (Å²) in [4.78, 5) is 47.6. The van der Waals surface area contributed by atoms with Crippen molar-refractivity contribution in [3.63, 3.8) is 0 Å². The maximum atomic E-state index is 12.5. The second-order valence-corrected chi connectivity index (χ2v) is 12.6. The number of rotatable bonds is 34. The number of hydrogen-bond donors (Lipinski definition) is 1. The molecule has 1 unspecified atom stereocenters. The van der Waals surface area contributed by atoms with Crippen LogP contribution in [-0.2, 0) is 33.4 Å². The van der Waals surface area contributed by atoms with Gasteiger partial charge in [0.25, 0.3) is 0 Å². The van der Waals surface area contributed by atoms with Gasteiger partial charge in [0, 0.05) is 25.7 Å². The molecule has 0 aliphatic rings. The number of esters is 3. The van der Waals surface area contributed by atoms with Crippen LogP contribution in [-0.4, -0.2) is 48.3 Å². The minimum atomic E-state index is -0.900. The Balaban J connectivity index is 4.28. The van der Waals surface area contributed by atoms with Crippen LogP contribution in [0.4, 0.5) is 0 Å². The summed E-state index contributed by atoms with van der Waals surface area (Å²) in [7, 11) is 0. The van der Waals surface area contributed by atoms with Crippen LogP contribution >= 0.6 is 0 Å². The molecule has 0 saturated carbocycles. The Kier molecular flexibility index (Phi) is 31.7. The smallest absolute Gasteiger partial charge is 0.306 e. The van der Waals surface area contributed by atoms with E-state index >= 15 is 0 Å². The molecular formula is C37H68O8. The monoisotopic (exact) mass is 640 g/mol. The van der Waals surface area contributed by atoms with Crippen molar-refractivity contribution in [3.05, 3.63) is 0 Å². The molecule has 264 valence electrons. The molecule has 0 aromatic rings. The van der Waals surface area contributed by atoms with Gasteiger partial charge in [-0.25, -0.2) is 0 Å². The van der Waals surface area contributed by atoms with Crippen molar-refractivity contribution in [1.82, 2.24) is 0 Å². The molecule has 1 N–H and O–H groups in total. The summed E-state index contributed by atoms with van der Waals surface area (Å²) in [6.45, 7) is 4.13. The van der Waals surface area contributed by atoms with Crippen molar-refractivity contribution >= 4 is 23.9 Å². The highest BCUT2D eigenvalue weighted by molar-refractivity contribution is 5.71. The Bertz CT molecular complexity index is 723. The van der Waals surface area contributed by atoms with Crippen molar-refractivity contribution in [3.8, 4) is 0 Å². The molecule has 0 amide bonds. The number of carbonyl (C=O) groups is 4. The molecule has 0 saturated heterocycles. The first kappa shape index (κ1) is 42.9. The van der Waals surface area contributed by atoms with Crippen LogP contribution in [0, 0.1) is 0 Å². The lowest BCUT2D eigenvalue weighted by atomic mass is 10.1. The van der Waals surface area contributed by atoms with Gasteiger partial charge in [-0.15, -0.1) is 0 Å². The molecule has 45 heavy (non-hydrogen) atoms. The van der Waals surface area contributed by atoms with Crippen LogP contribution in [0.5, 0.6) is 0 Å². The maximum Gasteiger partial charge on any atom is 0.306 e. The van der Waals surface area contributed by atoms with Gasteiger partial charge in [0.15, 0.2) is 6.10 Å². The zero-order chi connectivity index (χ0) is 33.2. The summed E-state index contributed by atoms with van der Waals surface area (Å²) in [6.07, 6.45) is 26.9. The summed E-state index contributed by atoms with van der Waals surface area (Å²) in [5.74, 6) is -2.10. The summed E-state index contributed by atoms with van der Waals surface area (Å²) in [5.41, 5.74) is 0. The van der Waals surface area contributed by atoms with Crippen molar-refractivity contribution in [1.29, 1.82) is 0 Å². The lowest BCUT2D eigenvalue weighted by molar-refractivity contribution is -0.167.